The van der Waals surface area contributed by atoms with E-state index in [1.165, 1.54) is 31.2 Å². The van der Waals surface area contributed by atoms with Crippen molar-refractivity contribution in [3.8, 4) is 5.75 Å². The van der Waals surface area contributed by atoms with E-state index in [9.17, 15) is 4.79 Å². The van der Waals surface area contributed by atoms with Gasteiger partial charge in [-0.25, -0.2) is 4.79 Å². The second-order valence-corrected chi connectivity index (χ2v) is 3.05. The average Bonchev–Trinajstić information content (AvgIpc) is 2.04. The van der Waals surface area contributed by atoms with E-state index in [4.69, 9.17) is 15.9 Å². The molecule has 4 nitrogen and oxygen atoms in total. The third kappa shape index (κ3) is 2.37. The highest BCUT2D eigenvalue weighted by atomic mass is 35.5. The molecule has 1 unspecified atom stereocenters. The van der Waals surface area contributed by atoms with Gasteiger partial charge in [-0.1, -0.05) is 12.1 Å². The molecule has 1 aromatic rings. The van der Waals surface area contributed by atoms with Gasteiger partial charge in [0.1, 0.15) is 11.3 Å². The van der Waals surface area contributed by atoms with Crippen molar-refractivity contribution in [1.29, 1.82) is 0 Å². The van der Waals surface area contributed by atoms with Crippen molar-refractivity contribution in [3.63, 3.8) is 0 Å². The fourth-order valence-electron chi connectivity index (χ4n) is 0.931. The Balaban J connectivity index is 0.00000169. The highest BCUT2D eigenvalue weighted by molar-refractivity contribution is 5.85. The molecule has 1 rings (SSSR count). The van der Waals surface area contributed by atoms with Gasteiger partial charge in [-0.05, 0) is 24.6 Å². The van der Waals surface area contributed by atoms with Gasteiger partial charge in [0.15, 0.2) is 0 Å². The van der Waals surface area contributed by atoms with Gasteiger partial charge in [0.2, 0.25) is 0 Å². The van der Waals surface area contributed by atoms with Gasteiger partial charge in [0.05, 0.1) is 0 Å². The van der Waals surface area contributed by atoms with Gasteiger partial charge in [0, 0.05) is 0 Å². The molecule has 0 aliphatic rings. The van der Waals surface area contributed by atoms with Crippen LogP contribution in [0.2, 0.25) is 0 Å². The molecule has 0 spiro atoms. The van der Waals surface area contributed by atoms with Crippen molar-refractivity contribution in [1.82, 2.24) is 0 Å². The minimum atomic E-state index is -1.41. The zero-order valence-corrected chi connectivity index (χ0v) is 8.41. The number of phenols is 1. The summed E-state index contributed by atoms with van der Waals surface area (Å²) < 4.78 is 0. The van der Waals surface area contributed by atoms with Crippen molar-refractivity contribution in [2.75, 3.05) is 0 Å². The first-order chi connectivity index (χ1) is 5.94. The number of phenolic OH excluding ortho intramolecular Hbond substituents is 1. The fourth-order valence-corrected chi connectivity index (χ4v) is 0.931. The maximum absolute atomic E-state index is 10.7. The molecule has 0 radical (unpaired) electrons. The molecule has 14 heavy (non-hydrogen) atoms. The number of aliphatic carboxylic acids is 1. The Hall–Kier alpha value is -1.26. The third-order valence-corrected chi connectivity index (χ3v) is 1.91. The number of halogens is 1. The minimum absolute atomic E-state index is 0. The SMILES string of the molecule is CC(N)(C(=O)O)c1ccc(O)cc1.Cl. The lowest BCUT2D eigenvalue weighted by molar-refractivity contribution is -0.143. The van der Waals surface area contributed by atoms with E-state index in [2.05, 4.69) is 0 Å². The van der Waals surface area contributed by atoms with E-state index in [-0.39, 0.29) is 18.2 Å². The van der Waals surface area contributed by atoms with Crippen molar-refractivity contribution in [3.05, 3.63) is 29.8 Å². The summed E-state index contributed by atoms with van der Waals surface area (Å²) in [7, 11) is 0. The van der Waals surface area contributed by atoms with Crippen LogP contribution < -0.4 is 5.73 Å². The van der Waals surface area contributed by atoms with Crippen LogP contribution in [0.3, 0.4) is 0 Å². The van der Waals surface area contributed by atoms with Crippen LogP contribution in [0.4, 0.5) is 0 Å². The van der Waals surface area contributed by atoms with Crippen molar-refractivity contribution < 1.29 is 15.0 Å². The standard InChI is InChI=1S/C9H11NO3.ClH/c1-9(10,8(12)13)6-2-4-7(11)5-3-6;/h2-5,11H,10H2,1H3,(H,12,13);1H. The molecule has 1 atom stereocenters. The van der Waals surface area contributed by atoms with Gasteiger partial charge in [0.25, 0.3) is 0 Å². The van der Waals surface area contributed by atoms with E-state index in [1.807, 2.05) is 0 Å². The maximum atomic E-state index is 10.7. The number of aromatic hydroxyl groups is 1. The summed E-state index contributed by atoms with van der Waals surface area (Å²) in [5.74, 6) is -1.01. The summed E-state index contributed by atoms with van der Waals surface area (Å²) in [6.45, 7) is 1.40. The van der Waals surface area contributed by atoms with Gasteiger partial charge in [-0.3, -0.25) is 0 Å². The van der Waals surface area contributed by atoms with Crippen LogP contribution in [-0.4, -0.2) is 16.2 Å². The molecule has 0 amide bonds. The van der Waals surface area contributed by atoms with Crippen molar-refractivity contribution in [2.24, 2.45) is 5.73 Å². The molecule has 1 aromatic carbocycles. The van der Waals surface area contributed by atoms with Crippen LogP contribution in [0.5, 0.6) is 5.75 Å². The lowest BCUT2D eigenvalue weighted by atomic mass is 9.93. The highest BCUT2D eigenvalue weighted by Crippen LogP contribution is 2.20. The molecule has 0 fully saturated rings. The Morgan fingerprint density at radius 2 is 1.79 bits per heavy atom. The molecule has 0 saturated heterocycles. The zero-order chi connectivity index (χ0) is 10.1. The van der Waals surface area contributed by atoms with Crippen LogP contribution in [0.1, 0.15) is 12.5 Å². The van der Waals surface area contributed by atoms with Crippen LogP contribution >= 0.6 is 12.4 Å². The quantitative estimate of drug-likeness (QED) is 0.692. The number of benzene rings is 1. The Morgan fingerprint density at radius 1 is 1.36 bits per heavy atom. The van der Waals surface area contributed by atoms with Gasteiger partial charge >= 0.3 is 5.97 Å². The second-order valence-electron chi connectivity index (χ2n) is 3.05. The predicted octanol–water partition coefficient (Wildman–Crippen LogP) is 1.07. The number of nitrogens with two attached hydrogens (primary N) is 1. The predicted molar refractivity (Wildman–Crippen MR) is 54.5 cm³/mol. The van der Waals surface area contributed by atoms with E-state index in [0.717, 1.165) is 0 Å². The first-order valence-electron chi connectivity index (χ1n) is 3.76. The Kier molecular flexibility index (Phi) is 3.92. The summed E-state index contributed by atoms with van der Waals surface area (Å²) in [6.07, 6.45) is 0. The molecular weight excluding hydrogens is 206 g/mol. The summed E-state index contributed by atoms with van der Waals surface area (Å²) in [4.78, 5) is 10.7. The molecule has 4 N–H and O–H groups in total. The lowest BCUT2D eigenvalue weighted by Crippen LogP contribution is -2.41. The molecular formula is C9H12ClNO3. The van der Waals surface area contributed by atoms with E-state index in [1.54, 1.807) is 0 Å². The maximum Gasteiger partial charge on any atom is 0.328 e. The number of hydrogen-bond donors (Lipinski definition) is 3. The molecule has 0 aromatic heterocycles. The largest absolute Gasteiger partial charge is 0.508 e. The fraction of sp³-hybridized carbons (Fsp3) is 0.222. The summed E-state index contributed by atoms with van der Waals surface area (Å²) in [5.41, 5.74) is 4.60. The molecule has 5 heteroatoms. The number of hydrogen-bond acceptors (Lipinski definition) is 3. The van der Waals surface area contributed by atoms with Gasteiger partial charge in [-0.2, -0.15) is 0 Å². The molecule has 0 aliphatic heterocycles. The summed E-state index contributed by atoms with van der Waals surface area (Å²) in [5, 5.41) is 17.7. The Labute approximate surface area is 87.8 Å². The van der Waals surface area contributed by atoms with E-state index < -0.39 is 11.5 Å². The Bertz CT molecular complexity index is 321. The van der Waals surface area contributed by atoms with Crippen LogP contribution in [0, 0.1) is 0 Å². The van der Waals surface area contributed by atoms with Gasteiger partial charge in [-0.15, -0.1) is 12.4 Å². The number of carboxylic acid groups (broad SMARTS) is 1. The molecule has 0 heterocycles. The number of carbonyl (C=O) groups is 1. The molecule has 78 valence electrons. The highest BCUT2D eigenvalue weighted by Gasteiger charge is 2.29. The van der Waals surface area contributed by atoms with Crippen molar-refractivity contribution in [2.45, 2.75) is 12.5 Å². The average molecular weight is 218 g/mol. The number of rotatable bonds is 2. The third-order valence-electron chi connectivity index (χ3n) is 1.91. The molecule has 0 bridgehead atoms. The summed E-state index contributed by atoms with van der Waals surface area (Å²) >= 11 is 0. The Morgan fingerprint density at radius 3 is 2.14 bits per heavy atom. The van der Waals surface area contributed by atoms with Crippen molar-refractivity contribution >= 4 is 18.4 Å². The zero-order valence-electron chi connectivity index (χ0n) is 7.60. The van der Waals surface area contributed by atoms with Crippen LogP contribution in [0.25, 0.3) is 0 Å². The summed E-state index contributed by atoms with van der Waals surface area (Å²) in [6, 6.07) is 5.79. The lowest BCUT2D eigenvalue weighted by Gasteiger charge is -2.19. The smallest absolute Gasteiger partial charge is 0.328 e. The van der Waals surface area contributed by atoms with E-state index >= 15 is 0 Å². The minimum Gasteiger partial charge on any atom is -0.508 e. The second kappa shape index (κ2) is 4.30. The first-order valence-corrected chi connectivity index (χ1v) is 3.76. The van der Waals surface area contributed by atoms with E-state index in [0.29, 0.717) is 5.56 Å². The monoisotopic (exact) mass is 217 g/mol. The molecule has 0 saturated carbocycles. The van der Waals surface area contributed by atoms with Crippen LogP contribution in [0.15, 0.2) is 24.3 Å². The van der Waals surface area contributed by atoms with Gasteiger partial charge < -0.3 is 15.9 Å². The topological polar surface area (TPSA) is 83.6 Å². The number of carboxylic acids is 1. The van der Waals surface area contributed by atoms with Crippen LogP contribution in [-0.2, 0) is 10.3 Å². The first kappa shape index (κ1) is 12.7. The normalized spacial score (nSPS) is 13.9. The molecule has 0 aliphatic carbocycles.